The molecule has 1 saturated heterocycles. The van der Waals surface area contributed by atoms with E-state index < -0.39 is 0 Å². The normalized spacial score (nSPS) is 14.9. The van der Waals surface area contributed by atoms with Crippen LogP contribution >= 0.6 is 0 Å². The molecule has 0 atom stereocenters. The van der Waals surface area contributed by atoms with E-state index in [1.54, 1.807) is 14.2 Å². The van der Waals surface area contributed by atoms with E-state index in [0.717, 1.165) is 61.8 Å². The molecule has 3 rings (SSSR count). The first-order chi connectivity index (χ1) is 13.1. The van der Waals surface area contributed by atoms with Gasteiger partial charge in [-0.1, -0.05) is 24.3 Å². The number of piperazine rings is 1. The summed E-state index contributed by atoms with van der Waals surface area (Å²) < 4.78 is 10.7. The number of amides is 1. The van der Waals surface area contributed by atoms with E-state index >= 15 is 0 Å². The Bertz CT molecular complexity index is 783. The third kappa shape index (κ3) is 4.61. The predicted molar refractivity (Wildman–Crippen MR) is 107 cm³/mol. The van der Waals surface area contributed by atoms with Crippen LogP contribution in [-0.4, -0.2) is 62.7 Å². The van der Waals surface area contributed by atoms with Crippen LogP contribution in [0.5, 0.6) is 11.5 Å². The number of carbonyl (C=O) groups is 1. The quantitative estimate of drug-likeness (QED) is 0.786. The van der Waals surface area contributed by atoms with E-state index in [1.807, 2.05) is 48.2 Å². The van der Waals surface area contributed by atoms with Gasteiger partial charge in [0.1, 0.15) is 0 Å². The van der Waals surface area contributed by atoms with Crippen LogP contribution in [0.3, 0.4) is 0 Å². The van der Waals surface area contributed by atoms with Crippen molar-refractivity contribution in [1.82, 2.24) is 9.80 Å². The van der Waals surface area contributed by atoms with Gasteiger partial charge in [0.15, 0.2) is 11.5 Å². The van der Waals surface area contributed by atoms with Crippen molar-refractivity contribution in [3.8, 4) is 11.5 Å². The van der Waals surface area contributed by atoms with Crippen LogP contribution in [0.15, 0.2) is 42.5 Å². The van der Waals surface area contributed by atoms with Gasteiger partial charge in [-0.25, -0.2) is 0 Å². The molecule has 1 fully saturated rings. The summed E-state index contributed by atoms with van der Waals surface area (Å²) in [6.45, 7) is 6.34. The molecule has 0 unspecified atom stereocenters. The lowest BCUT2D eigenvalue weighted by Gasteiger charge is -2.35. The zero-order valence-electron chi connectivity index (χ0n) is 16.4. The van der Waals surface area contributed by atoms with Crippen molar-refractivity contribution < 1.29 is 14.3 Å². The van der Waals surface area contributed by atoms with Crippen LogP contribution in [0.4, 0.5) is 0 Å². The summed E-state index contributed by atoms with van der Waals surface area (Å²) in [5, 5.41) is 0. The summed E-state index contributed by atoms with van der Waals surface area (Å²) in [5.41, 5.74) is 3.08. The van der Waals surface area contributed by atoms with E-state index in [4.69, 9.17) is 9.47 Å². The molecule has 1 amide bonds. The molecule has 5 nitrogen and oxygen atoms in total. The fourth-order valence-electron chi connectivity index (χ4n) is 3.48. The SMILES string of the molecule is COc1ccc(CCN2CCN(C(=O)c3ccccc3C)CC2)cc1OC. The zero-order valence-corrected chi connectivity index (χ0v) is 16.4. The first-order valence-electron chi connectivity index (χ1n) is 9.40. The highest BCUT2D eigenvalue weighted by Gasteiger charge is 2.22. The average Bonchev–Trinajstić information content (AvgIpc) is 2.72. The van der Waals surface area contributed by atoms with Gasteiger partial charge in [0.05, 0.1) is 14.2 Å². The van der Waals surface area contributed by atoms with E-state index in [0.29, 0.717) is 0 Å². The number of benzene rings is 2. The molecule has 5 heteroatoms. The number of rotatable bonds is 6. The van der Waals surface area contributed by atoms with Gasteiger partial charge in [-0.15, -0.1) is 0 Å². The number of hydrogen-bond acceptors (Lipinski definition) is 4. The van der Waals surface area contributed by atoms with Crippen molar-refractivity contribution in [2.45, 2.75) is 13.3 Å². The Labute approximate surface area is 161 Å². The lowest BCUT2D eigenvalue weighted by Crippen LogP contribution is -2.49. The van der Waals surface area contributed by atoms with Gasteiger partial charge in [-0.05, 0) is 42.7 Å². The summed E-state index contributed by atoms with van der Waals surface area (Å²) in [6, 6.07) is 13.9. The Kier molecular flexibility index (Phi) is 6.35. The summed E-state index contributed by atoms with van der Waals surface area (Å²) in [6.07, 6.45) is 0.950. The van der Waals surface area contributed by atoms with Gasteiger partial charge in [-0.3, -0.25) is 9.69 Å². The maximum atomic E-state index is 12.7. The van der Waals surface area contributed by atoms with Crippen LogP contribution in [-0.2, 0) is 6.42 Å². The Morgan fingerprint density at radius 3 is 2.33 bits per heavy atom. The number of hydrogen-bond donors (Lipinski definition) is 0. The zero-order chi connectivity index (χ0) is 19.2. The standard InChI is InChI=1S/C22H28N2O3/c1-17-6-4-5-7-19(17)22(25)24-14-12-23(13-15-24)11-10-18-8-9-20(26-2)21(16-18)27-3/h4-9,16H,10-15H2,1-3H3. The minimum absolute atomic E-state index is 0.146. The van der Waals surface area contributed by atoms with Gasteiger partial charge in [0.2, 0.25) is 0 Å². The van der Waals surface area contributed by atoms with E-state index in [9.17, 15) is 4.79 Å². The van der Waals surface area contributed by atoms with E-state index in [2.05, 4.69) is 11.0 Å². The highest BCUT2D eigenvalue weighted by Crippen LogP contribution is 2.27. The molecule has 0 saturated carbocycles. The first-order valence-corrected chi connectivity index (χ1v) is 9.40. The Hall–Kier alpha value is -2.53. The van der Waals surface area contributed by atoms with Crippen molar-refractivity contribution in [3.05, 3.63) is 59.2 Å². The monoisotopic (exact) mass is 368 g/mol. The molecule has 0 radical (unpaired) electrons. The molecule has 144 valence electrons. The van der Waals surface area contributed by atoms with Crippen LogP contribution < -0.4 is 9.47 Å². The summed E-state index contributed by atoms with van der Waals surface area (Å²) in [5.74, 6) is 1.67. The minimum atomic E-state index is 0.146. The number of nitrogens with zero attached hydrogens (tertiary/aromatic N) is 2. The molecule has 0 N–H and O–H groups in total. The smallest absolute Gasteiger partial charge is 0.254 e. The van der Waals surface area contributed by atoms with Crippen LogP contribution in [0.2, 0.25) is 0 Å². The summed E-state index contributed by atoms with van der Waals surface area (Å²) >= 11 is 0. The van der Waals surface area contributed by atoms with Crippen LogP contribution in [0.1, 0.15) is 21.5 Å². The molecular formula is C22H28N2O3. The number of aryl methyl sites for hydroxylation is 1. The second kappa shape index (κ2) is 8.91. The van der Waals surface area contributed by atoms with Crippen molar-refractivity contribution in [1.29, 1.82) is 0 Å². The average molecular weight is 368 g/mol. The molecule has 2 aromatic rings. The predicted octanol–water partition coefficient (Wildman–Crippen LogP) is 3.01. The molecule has 1 aliphatic heterocycles. The molecular weight excluding hydrogens is 340 g/mol. The Morgan fingerprint density at radius 1 is 0.963 bits per heavy atom. The highest BCUT2D eigenvalue weighted by atomic mass is 16.5. The molecule has 0 aromatic heterocycles. The second-order valence-electron chi connectivity index (χ2n) is 6.89. The lowest BCUT2D eigenvalue weighted by molar-refractivity contribution is 0.0638. The summed E-state index contributed by atoms with van der Waals surface area (Å²) in [4.78, 5) is 17.1. The Balaban J connectivity index is 1.51. The maximum Gasteiger partial charge on any atom is 0.254 e. The molecule has 0 bridgehead atoms. The fraction of sp³-hybridized carbons (Fsp3) is 0.409. The van der Waals surface area contributed by atoms with Gasteiger partial charge >= 0.3 is 0 Å². The molecule has 1 aliphatic rings. The van der Waals surface area contributed by atoms with Gasteiger partial charge in [0, 0.05) is 38.3 Å². The van der Waals surface area contributed by atoms with Crippen molar-refractivity contribution in [2.75, 3.05) is 46.9 Å². The van der Waals surface area contributed by atoms with Gasteiger partial charge < -0.3 is 14.4 Å². The lowest BCUT2D eigenvalue weighted by atomic mass is 10.1. The number of ether oxygens (including phenoxy) is 2. The third-order valence-corrected chi connectivity index (χ3v) is 5.20. The summed E-state index contributed by atoms with van der Waals surface area (Å²) in [7, 11) is 3.31. The molecule has 2 aromatic carbocycles. The van der Waals surface area contributed by atoms with Crippen LogP contribution in [0, 0.1) is 6.92 Å². The third-order valence-electron chi connectivity index (χ3n) is 5.20. The van der Waals surface area contributed by atoms with E-state index in [-0.39, 0.29) is 5.91 Å². The van der Waals surface area contributed by atoms with Gasteiger partial charge in [-0.2, -0.15) is 0 Å². The Morgan fingerprint density at radius 2 is 1.67 bits per heavy atom. The first kappa shape index (κ1) is 19.2. The molecule has 0 spiro atoms. The van der Waals surface area contributed by atoms with Crippen molar-refractivity contribution in [2.24, 2.45) is 0 Å². The van der Waals surface area contributed by atoms with E-state index in [1.165, 1.54) is 5.56 Å². The van der Waals surface area contributed by atoms with Crippen LogP contribution in [0.25, 0.3) is 0 Å². The molecule has 0 aliphatic carbocycles. The topological polar surface area (TPSA) is 42.0 Å². The minimum Gasteiger partial charge on any atom is -0.493 e. The fourth-order valence-corrected chi connectivity index (χ4v) is 3.48. The molecule has 27 heavy (non-hydrogen) atoms. The number of methoxy groups -OCH3 is 2. The second-order valence-corrected chi connectivity index (χ2v) is 6.89. The molecule has 1 heterocycles. The van der Waals surface area contributed by atoms with Crippen molar-refractivity contribution >= 4 is 5.91 Å². The maximum absolute atomic E-state index is 12.7. The number of carbonyl (C=O) groups excluding carboxylic acids is 1. The van der Waals surface area contributed by atoms with Gasteiger partial charge in [0.25, 0.3) is 5.91 Å². The highest BCUT2D eigenvalue weighted by molar-refractivity contribution is 5.95. The largest absolute Gasteiger partial charge is 0.493 e. The van der Waals surface area contributed by atoms with Crippen molar-refractivity contribution in [3.63, 3.8) is 0 Å².